The number of rotatable bonds is 2. The zero-order chi connectivity index (χ0) is 12.9. The van der Waals surface area contributed by atoms with E-state index in [2.05, 4.69) is 20.9 Å². The fourth-order valence-electron chi connectivity index (χ4n) is 3.00. The van der Waals surface area contributed by atoms with Crippen LogP contribution in [0.15, 0.2) is 12.4 Å². The average Bonchev–Trinajstić information content (AvgIpc) is 2.92. The van der Waals surface area contributed by atoms with Crippen LogP contribution in [0.4, 0.5) is 5.82 Å². The van der Waals surface area contributed by atoms with E-state index in [-0.39, 0.29) is 0 Å². The number of nitrogens with zero attached hydrogens (tertiary/aromatic N) is 3. The van der Waals surface area contributed by atoms with Gasteiger partial charge in [-0.15, -0.1) is 0 Å². The first-order valence-electron chi connectivity index (χ1n) is 7.58. The molecule has 19 heavy (non-hydrogen) atoms. The first kappa shape index (κ1) is 12.9. The maximum absolute atomic E-state index is 5.46. The van der Waals surface area contributed by atoms with Crippen molar-refractivity contribution in [3.05, 3.63) is 18.1 Å². The molecule has 0 saturated carbocycles. The molecule has 2 fully saturated rings. The number of hydrogen-bond donors (Lipinski definition) is 0. The van der Waals surface area contributed by atoms with E-state index in [0.717, 1.165) is 44.2 Å². The summed E-state index contributed by atoms with van der Waals surface area (Å²) in [5.74, 6) is 1.58. The quantitative estimate of drug-likeness (QED) is 0.820. The Labute approximate surface area is 115 Å². The van der Waals surface area contributed by atoms with Crippen LogP contribution < -0.4 is 4.90 Å². The number of anilines is 1. The molecule has 2 saturated heterocycles. The third-order valence-electron chi connectivity index (χ3n) is 4.20. The second kappa shape index (κ2) is 6.33. The molecule has 0 radical (unpaired) electrons. The van der Waals surface area contributed by atoms with Crippen molar-refractivity contribution in [1.82, 2.24) is 9.97 Å². The molecule has 2 aliphatic rings. The van der Waals surface area contributed by atoms with Gasteiger partial charge in [0.2, 0.25) is 0 Å². The second-order valence-electron chi connectivity index (χ2n) is 5.62. The van der Waals surface area contributed by atoms with Crippen LogP contribution in [-0.2, 0) is 4.74 Å². The van der Waals surface area contributed by atoms with Gasteiger partial charge in [0, 0.05) is 31.7 Å². The van der Waals surface area contributed by atoms with Crippen LogP contribution in [-0.4, -0.2) is 36.3 Å². The van der Waals surface area contributed by atoms with Crippen LogP contribution in [0.25, 0.3) is 0 Å². The van der Waals surface area contributed by atoms with Crippen molar-refractivity contribution in [3.8, 4) is 0 Å². The highest BCUT2D eigenvalue weighted by Gasteiger charge is 2.20. The zero-order valence-electron chi connectivity index (χ0n) is 11.6. The van der Waals surface area contributed by atoms with Gasteiger partial charge in [-0.2, -0.15) is 0 Å². The Bertz CT molecular complexity index is 396. The van der Waals surface area contributed by atoms with Crippen molar-refractivity contribution >= 4 is 5.82 Å². The summed E-state index contributed by atoms with van der Waals surface area (Å²) in [6.07, 6.45) is 9.48. The number of hydrogen-bond acceptors (Lipinski definition) is 4. The molecule has 0 N–H and O–H groups in total. The van der Waals surface area contributed by atoms with Crippen molar-refractivity contribution in [1.29, 1.82) is 0 Å². The highest BCUT2D eigenvalue weighted by atomic mass is 16.5. The molecule has 104 valence electrons. The molecule has 0 spiro atoms. The summed E-state index contributed by atoms with van der Waals surface area (Å²) in [6, 6.07) is 2.18. The minimum absolute atomic E-state index is 0.469. The van der Waals surface area contributed by atoms with Crippen molar-refractivity contribution in [2.75, 3.05) is 31.2 Å². The molecule has 0 unspecified atom stereocenters. The van der Waals surface area contributed by atoms with Gasteiger partial charge in [0.1, 0.15) is 12.1 Å². The summed E-state index contributed by atoms with van der Waals surface area (Å²) in [7, 11) is 0. The summed E-state index contributed by atoms with van der Waals surface area (Å²) in [5, 5.41) is 0. The molecule has 0 aliphatic carbocycles. The summed E-state index contributed by atoms with van der Waals surface area (Å²) < 4.78 is 5.46. The van der Waals surface area contributed by atoms with Crippen LogP contribution in [0.1, 0.15) is 50.1 Å². The molecule has 3 rings (SSSR count). The van der Waals surface area contributed by atoms with Crippen LogP contribution in [0.3, 0.4) is 0 Å². The van der Waals surface area contributed by atoms with Gasteiger partial charge in [0.15, 0.2) is 0 Å². The molecule has 4 heteroatoms. The Hall–Kier alpha value is -1.16. The van der Waals surface area contributed by atoms with Gasteiger partial charge in [0.05, 0.1) is 12.3 Å². The maximum Gasteiger partial charge on any atom is 0.132 e. The first-order chi connectivity index (χ1) is 9.43. The second-order valence-corrected chi connectivity index (χ2v) is 5.62. The smallest absolute Gasteiger partial charge is 0.132 e. The van der Waals surface area contributed by atoms with Gasteiger partial charge in [-0.25, -0.2) is 9.97 Å². The van der Waals surface area contributed by atoms with Crippen LogP contribution in [0.2, 0.25) is 0 Å². The van der Waals surface area contributed by atoms with Gasteiger partial charge in [0.25, 0.3) is 0 Å². The molecule has 1 aromatic rings. The van der Waals surface area contributed by atoms with E-state index in [4.69, 9.17) is 4.74 Å². The van der Waals surface area contributed by atoms with Crippen molar-refractivity contribution in [2.45, 2.75) is 44.4 Å². The predicted octanol–water partition coefficient (Wildman–Crippen LogP) is 2.75. The zero-order valence-corrected chi connectivity index (χ0v) is 11.6. The number of aromatic nitrogens is 2. The molecule has 3 heterocycles. The molecular formula is C15H23N3O. The van der Waals surface area contributed by atoms with Crippen LogP contribution in [0.5, 0.6) is 0 Å². The van der Waals surface area contributed by atoms with E-state index >= 15 is 0 Å². The van der Waals surface area contributed by atoms with E-state index < -0.39 is 0 Å². The Morgan fingerprint density at radius 2 is 1.84 bits per heavy atom. The number of ether oxygens (including phenoxy) is 1. The van der Waals surface area contributed by atoms with E-state index in [9.17, 15) is 0 Å². The third-order valence-corrected chi connectivity index (χ3v) is 4.20. The van der Waals surface area contributed by atoms with Crippen molar-refractivity contribution in [2.24, 2.45) is 0 Å². The predicted molar refractivity (Wildman–Crippen MR) is 75.5 cm³/mol. The molecule has 0 amide bonds. The van der Waals surface area contributed by atoms with E-state index in [1.165, 1.54) is 32.1 Å². The summed E-state index contributed by atoms with van der Waals surface area (Å²) in [4.78, 5) is 11.4. The fraction of sp³-hybridized carbons (Fsp3) is 0.733. The van der Waals surface area contributed by atoms with Crippen LogP contribution in [0, 0.1) is 0 Å². The Morgan fingerprint density at radius 1 is 1.05 bits per heavy atom. The SMILES string of the molecule is c1nc([C@@H]2CCOC2)cc(N2CCCCCCC2)n1. The monoisotopic (exact) mass is 261 g/mol. The molecule has 0 bridgehead atoms. The largest absolute Gasteiger partial charge is 0.381 e. The van der Waals surface area contributed by atoms with Gasteiger partial charge < -0.3 is 9.64 Å². The van der Waals surface area contributed by atoms with Crippen molar-refractivity contribution in [3.63, 3.8) is 0 Å². The third kappa shape index (κ3) is 3.24. The molecule has 0 aromatic carbocycles. The summed E-state index contributed by atoms with van der Waals surface area (Å²) >= 11 is 0. The van der Waals surface area contributed by atoms with Crippen molar-refractivity contribution < 1.29 is 4.74 Å². The van der Waals surface area contributed by atoms with Gasteiger partial charge in [-0.05, 0) is 19.3 Å². The lowest BCUT2D eigenvalue weighted by Gasteiger charge is -2.26. The normalized spacial score (nSPS) is 25.1. The Morgan fingerprint density at radius 3 is 2.58 bits per heavy atom. The highest BCUT2D eigenvalue weighted by molar-refractivity contribution is 5.39. The van der Waals surface area contributed by atoms with Gasteiger partial charge in [-0.3, -0.25) is 0 Å². The van der Waals surface area contributed by atoms with Gasteiger partial charge >= 0.3 is 0 Å². The Balaban J connectivity index is 1.73. The molecule has 4 nitrogen and oxygen atoms in total. The standard InChI is InChI=1S/C15H23N3O/c1-2-4-7-18(8-5-3-1)15-10-14(16-12-17-15)13-6-9-19-11-13/h10,12-13H,1-9,11H2/t13-/m1/s1. The maximum atomic E-state index is 5.46. The molecule has 1 aromatic heterocycles. The first-order valence-corrected chi connectivity index (χ1v) is 7.58. The summed E-state index contributed by atoms with van der Waals surface area (Å²) in [6.45, 7) is 3.96. The minimum Gasteiger partial charge on any atom is -0.381 e. The Kier molecular flexibility index (Phi) is 4.28. The lowest BCUT2D eigenvalue weighted by Crippen LogP contribution is -2.28. The van der Waals surface area contributed by atoms with E-state index in [0.29, 0.717) is 5.92 Å². The van der Waals surface area contributed by atoms with Gasteiger partial charge in [-0.1, -0.05) is 19.3 Å². The lowest BCUT2D eigenvalue weighted by molar-refractivity contribution is 0.193. The molecular weight excluding hydrogens is 238 g/mol. The van der Waals surface area contributed by atoms with E-state index in [1.54, 1.807) is 6.33 Å². The summed E-state index contributed by atoms with van der Waals surface area (Å²) in [5.41, 5.74) is 1.16. The fourth-order valence-corrected chi connectivity index (χ4v) is 3.00. The van der Waals surface area contributed by atoms with E-state index in [1.807, 2.05) is 0 Å². The minimum atomic E-state index is 0.469. The molecule has 2 aliphatic heterocycles. The molecule has 1 atom stereocenters. The topological polar surface area (TPSA) is 38.2 Å². The lowest BCUT2D eigenvalue weighted by atomic mass is 10.0. The average molecular weight is 261 g/mol. The highest BCUT2D eigenvalue weighted by Crippen LogP contribution is 2.26. The van der Waals surface area contributed by atoms with Crippen LogP contribution >= 0.6 is 0 Å².